The summed E-state index contributed by atoms with van der Waals surface area (Å²) in [4.78, 5) is 8.07. The molecule has 1 aliphatic heterocycles. The largest absolute Gasteiger partial charge is 0.383 e. The van der Waals surface area contributed by atoms with Crippen LogP contribution in [0.25, 0.3) is 11.1 Å². The maximum absolute atomic E-state index is 14.8. The fraction of sp³-hybridized carbons (Fsp3) is 0.593. The molecule has 0 spiro atoms. The van der Waals surface area contributed by atoms with Gasteiger partial charge >= 0.3 is 0 Å². The van der Waals surface area contributed by atoms with E-state index in [1.54, 1.807) is 13.2 Å². The van der Waals surface area contributed by atoms with Crippen LogP contribution in [-0.2, 0) is 9.47 Å². The molecule has 1 atom stereocenters. The van der Waals surface area contributed by atoms with Crippen LogP contribution in [0, 0.1) is 28.5 Å². The molecule has 37 heavy (non-hydrogen) atoms. The predicted molar refractivity (Wildman–Crippen MR) is 138 cm³/mol. The van der Waals surface area contributed by atoms with Gasteiger partial charge in [-0.3, -0.25) is 0 Å². The fourth-order valence-electron chi connectivity index (χ4n) is 5.13. The van der Waals surface area contributed by atoms with Crippen molar-refractivity contribution in [3.63, 3.8) is 0 Å². The number of anilines is 2. The second-order valence-electron chi connectivity index (χ2n) is 10.2. The summed E-state index contributed by atoms with van der Waals surface area (Å²) < 4.78 is 39.9. The molecule has 2 fully saturated rings. The lowest BCUT2D eigenvalue weighted by molar-refractivity contribution is 0.0456. The van der Waals surface area contributed by atoms with Crippen molar-refractivity contribution in [1.82, 2.24) is 15.3 Å². The monoisotopic (exact) mass is 514 g/mol. The average Bonchev–Trinajstić information content (AvgIpc) is 2.91. The highest BCUT2D eigenvalue weighted by Crippen LogP contribution is 2.32. The number of aromatic nitrogens is 2. The highest BCUT2D eigenvalue weighted by atomic mass is 19.1. The molecule has 8 nitrogen and oxygen atoms in total. The number of nitriles is 1. The molecule has 2 aromatic rings. The van der Waals surface area contributed by atoms with Gasteiger partial charge < -0.3 is 25.4 Å². The van der Waals surface area contributed by atoms with Crippen LogP contribution in [0.5, 0.6) is 0 Å². The lowest BCUT2D eigenvalue weighted by atomic mass is 9.81. The number of hydrogen-bond acceptors (Lipinski definition) is 8. The molecule has 0 aromatic carbocycles. The summed E-state index contributed by atoms with van der Waals surface area (Å²) in [5, 5.41) is 19.7. The third-order valence-corrected chi connectivity index (χ3v) is 7.33. The molecule has 10 heteroatoms. The number of rotatable bonds is 10. The van der Waals surface area contributed by atoms with E-state index < -0.39 is 17.2 Å². The SMILES string of the molecule is COCC(C)NC1CCC(Nc2cc(-c3cnc(F)c(NCC4(C#N)CCOCC4)c3)c(F)cn2)CC1. The summed E-state index contributed by atoms with van der Waals surface area (Å²) >= 11 is 0. The van der Waals surface area contributed by atoms with Gasteiger partial charge in [-0.25, -0.2) is 14.4 Å². The molecule has 0 radical (unpaired) electrons. The number of nitrogens with one attached hydrogen (secondary N) is 3. The van der Waals surface area contributed by atoms with Crippen molar-refractivity contribution in [2.75, 3.05) is 44.1 Å². The van der Waals surface area contributed by atoms with Crippen molar-refractivity contribution in [3.05, 3.63) is 36.3 Å². The molecule has 4 rings (SSSR count). The number of hydrogen-bond donors (Lipinski definition) is 3. The molecular formula is C27H36F2N6O2. The van der Waals surface area contributed by atoms with Gasteiger partial charge in [-0.15, -0.1) is 0 Å². The molecule has 2 aliphatic rings. The van der Waals surface area contributed by atoms with Crippen molar-refractivity contribution in [2.45, 2.75) is 63.6 Å². The first-order valence-electron chi connectivity index (χ1n) is 13.0. The Kier molecular flexibility index (Phi) is 9.24. The fourth-order valence-corrected chi connectivity index (χ4v) is 5.13. The highest BCUT2D eigenvalue weighted by Gasteiger charge is 2.33. The smallest absolute Gasteiger partial charge is 0.236 e. The minimum Gasteiger partial charge on any atom is -0.383 e. The number of pyridine rings is 2. The number of ether oxygens (including phenoxy) is 2. The zero-order chi connectivity index (χ0) is 26.3. The van der Waals surface area contributed by atoms with E-state index in [0.29, 0.717) is 56.1 Å². The average molecular weight is 515 g/mol. The minimum atomic E-state index is -0.693. The van der Waals surface area contributed by atoms with E-state index in [4.69, 9.17) is 9.47 Å². The van der Waals surface area contributed by atoms with Crippen LogP contribution >= 0.6 is 0 Å². The van der Waals surface area contributed by atoms with Crippen LogP contribution in [0.2, 0.25) is 0 Å². The molecule has 2 aromatic heterocycles. The summed E-state index contributed by atoms with van der Waals surface area (Å²) in [6, 6.07) is 6.55. The van der Waals surface area contributed by atoms with E-state index in [-0.39, 0.29) is 23.8 Å². The Hall–Kier alpha value is -2.87. The van der Waals surface area contributed by atoms with E-state index in [2.05, 4.69) is 38.9 Å². The van der Waals surface area contributed by atoms with Gasteiger partial charge in [0, 0.05) is 62.3 Å². The van der Waals surface area contributed by atoms with Crippen LogP contribution in [0.15, 0.2) is 24.5 Å². The maximum atomic E-state index is 14.8. The first kappa shape index (κ1) is 27.2. The van der Waals surface area contributed by atoms with Crippen LogP contribution in [0.1, 0.15) is 45.4 Å². The molecular weight excluding hydrogens is 478 g/mol. The Morgan fingerprint density at radius 1 is 1.14 bits per heavy atom. The van der Waals surface area contributed by atoms with E-state index in [9.17, 15) is 14.0 Å². The number of halogens is 2. The second-order valence-corrected chi connectivity index (χ2v) is 10.2. The third-order valence-electron chi connectivity index (χ3n) is 7.33. The molecule has 3 N–H and O–H groups in total. The summed E-state index contributed by atoms with van der Waals surface area (Å²) in [5.41, 5.74) is 0.233. The molecule has 1 saturated carbocycles. The lowest BCUT2D eigenvalue weighted by Crippen LogP contribution is -2.42. The van der Waals surface area contributed by atoms with Crippen molar-refractivity contribution >= 4 is 11.5 Å². The Morgan fingerprint density at radius 2 is 1.86 bits per heavy atom. The molecule has 0 amide bonds. The Labute approximate surface area is 217 Å². The van der Waals surface area contributed by atoms with Gasteiger partial charge in [0.05, 0.1) is 30.0 Å². The Bertz CT molecular complexity index is 1080. The predicted octanol–water partition coefficient (Wildman–Crippen LogP) is 4.50. The zero-order valence-electron chi connectivity index (χ0n) is 21.5. The molecule has 1 unspecified atom stereocenters. The molecule has 3 heterocycles. The van der Waals surface area contributed by atoms with Gasteiger partial charge in [0.15, 0.2) is 0 Å². The van der Waals surface area contributed by atoms with Gasteiger partial charge in [0.25, 0.3) is 0 Å². The first-order chi connectivity index (χ1) is 17.9. The van der Waals surface area contributed by atoms with Crippen LogP contribution < -0.4 is 16.0 Å². The first-order valence-corrected chi connectivity index (χ1v) is 13.0. The quantitative estimate of drug-likeness (QED) is 0.398. The van der Waals surface area contributed by atoms with Crippen molar-refractivity contribution < 1.29 is 18.3 Å². The Morgan fingerprint density at radius 3 is 2.57 bits per heavy atom. The normalized spacial score (nSPS) is 22.1. The topological polar surface area (TPSA) is 104 Å². The van der Waals surface area contributed by atoms with E-state index in [1.807, 2.05) is 0 Å². The van der Waals surface area contributed by atoms with Crippen molar-refractivity contribution in [3.8, 4) is 17.2 Å². The maximum Gasteiger partial charge on any atom is 0.236 e. The summed E-state index contributed by atoms with van der Waals surface area (Å²) in [5.74, 6) is -0.630. The van der Waals surface area contributed by atoms with Crippen LogP contribution in [-0.4, -0.2) is 61.6 Å². The zero-order valence-corrected chi connectivity index (χ0v) is 21.5. The van der Waals surface area contributed by atoms with E-state index in [1.165, 1.54) is 18.5 Å². The van der Waals surface area contributed by atoms with Gasteiger partial charge in [-0.2, -0.15) is 9.65 Å². The molecule has 1 aliphatic carbocycles. The molecule has 0 bridgehead atoms. The third kappa shape index (κ3) is 7.12. The van der Waals surface area contributed by atoms with Gasteiger partial charge in [0.1, 0.15) is 11.6 Å². The Balaban J connectivity index is 1.41. The standard InChI is InChI=1S/C27H36F2N6O2/c1-18(15-36-2)34-20-3-5-21(6-4-20)35-25-12-22(23(28)14-31-25)19-11-24(26(29)32-13-19)33-17-27(16-30)7-9-37-10-8-27/h11-14,18,20-21,33-34H,3-10,15,17H2,1-2H3,(H,31,35). The van der Waals surface area contributed by atoms with Crippen LogP contribution in [0.3, 0.4) is 0 Å². The van der Waals surface area contributed by atoms with Gasteiger partial charge in [0.2, 0.25) is 5.95 Å². The summed E-state index contributed by atoms with van der Waals surface area (Å²) in [6.07, 6.45) is 7.66. The lowest BCUT2D eigenvalue weighted by Gasteiger charge is -2.32. The number of nitrogens with zero attached hydrogens (tertiary/aromatic N) is 3. The summed E-state index contributed by atoms with van der Waals surface area (Å²) in [7, 11) is 1.71. The van der Waals surface area contributed by atoms with Crippen molar-refractivity contribution in [1.29, 1.82) is 5.26 Å². The second kappa shape index (κ2) is 12.6. The molecule has 200 valence electrons. The van der Waals surface area contributed by atoms with Gasteiger partial charge in [-0.05, 0) is 57.6 Å². The van der Waals surface area contributed by atoms with Crippen LogP contribution in [0.4, 0.5) is 20.3 Å². The van der Waals surface area contributed by atoms with E-state index in [0.717, 1.165) is 25.7 Å². The van der Waals surface area contributed by atoms with E-state index >= 15 is 0 Å². The highest BCUT2D eigenvalue weighted by molar-refractivity contribution is 5.69. The van der Waals surface area contributed by atoms with Gasteiger partial charge in [-0.1, -0.05) is 0 Å². The molecule has 1 saturated heterocycles. The minimum absolute atomic E-state index is 0.137. The van der Waals surface area contributed by atoms with Crippen molar-refractivity contribution in [2.24, 2.45) is 5.41 Å². The number of methoxy groups -OCH3 is 1. The summed E-state index contributed by atoms with van der Waals surface area (Å²) in [6.45, 7) is 4.07.